The summed E-state index contributed by atoms with van der Waals surface area (Å²) < 4.78 is 10.4. The van der Waals surface area contributed by atoms with Gasteiger partial charge in [-0.3, -0.25) is 0 Å². The maximum atomic E-state index is 11.9. The first-order chi connectivity index (χ1) is 10.7. The highest BCUT2D eigenvalue weighted by atomic mass is 35.5. The van der Waals surface area contributed by atoms with Gasteiger partial charge >= 0.3 is 6.03 Å². The van der Waals surface area contributed by atoms with Crippen LogP contribution in [0.25, 0.3) is 0 Å². The Bertz CT molecular complexity index is 617. The zero-order chi connectivity index (χ0) is 15.8. The van der Waals surface area contributed by atoms with Crippen molar-refractivity contribution in [3.05, 3.63) is 53.6 Å². The van der Waals surface area contributed by atoms with Crippen molar-refractivity contribution in [3.8, 4) is 5.75 Å². The van der Waals surface area contributed by atoms with Crippen LogP contribution in [-0.4, -0.2) is 26.4 Å². The zero-order valence-electron chi connectivity index (χ0n) is 12.1. The van der Waals surface area contributed by atoms with Crippen LogP contribution in [0.3, 0.4) is 0 Å². The van der Waals surface area contributed by atoms with E-state index in [0.29, 0.717) is 29.6 Å². The fourth-order valence-corrected chi connectivity index (χ4v) is 1.93. The second-order valence-corrected chi connectivity index (χ2v) is 4.89. The standard InChI is InChI=1S/C16H17ClN2O3/c1-21-9-10-22-15-7-5-13(6-8-15)18-16(20)19-14-4-2-3-12(17)11-14/h2-8,11H,9-10H2,1H3,(H2,18,19,20). The van der Waals surface area contributed by atoms with Crippen molar-refractivity contribution in [2.45, 2.75) is 0 Å². The molecule has 22 heavy (non-hydrogen) atoms. The van der Waals surface area contributed by atoms with Crippen LogP contribution in [0.1, 0.15) is 0 Å². The number of urea groups is 1. The van der Waals surface area contributed by atoms with Gasteiger partial charge in [0.15, 0.2) is 0 Å². The highest BCUT2D eigenvalue weighted by Crippen LogP contribution is 2.17. The number of carbonyl (C=O) groups excluding carboxylic acids is 1. The summed E-state index contributed by atoms with van der Waals surface area (Å²) >= 11 is 5.86. The molecule has 0 fully saturated rings. The Labute approximate surface area is 134 Å². The van der Waals surface area contributed by atoms with E-state index in [1.807, 2.05) is 0 Å². The summed E-state index contributed by atoms with van der Waals surface area (Å²) in [4.78, 5) is 11.9. The molecule has 116 valence electrons. The molecule has 0 heterocycles. The molecule has 2 aromatic carbocycles. The Hall–Kier alpha value is -2.24. The number of hydrogen-bond acceptors (Lipinski definition) is 3. The van der Waals surface area contributed by atoms with Crippen LogP contribution in [-0.2, 0) is 4.74 Å². The second-order valence-electron chi connectivity index (χ2n) is 4.46. The molecule has 0 spiro atoms. The lowest BCUT2D eigenvalue weighted by Gasteiger charge is -2.09. The van der Waals surface area contributed by atoms with Gasteiger partial charge in [-0.2, -0.15) is 0 Å². The zero-order valence-corrected chi connectivity index (χ0v) is 12.9. The van der Waals surface area contributed by atoms with E-state index in [4.69, 9.17) is 21.1 Å². The van der Waals surface area contributed by atoms with Gasteiger partial charge in [-0.05, 0) is 42.5 Å². The van der Waals surface area contributed by atoms with Crippen molar-refractivity contribution >= 4 is 29.0 Å². The first kappa shape index (κ1) is 16.1. The van der Waals surface area contributed by atoms with Crippen molar-refractivity contribution in [2.75, 3.05) is 31.0 Å². The smallest absolute Gasteiger partial charge is 0.323 e. The third-order valence-corrected chi connectivity index (χ3v) is 2.99. The average Bonchev–Trinajstić information content (AvgIpc) is 2.49. The molecule has 2 N–H and O–H groups in total. The normalized spacial score (nSPS) is 10.1. The van der Waals surface area contributed by atoms with Crippen LogP contribution in [0, 0.1) is 0 Å². The van der Waals surface area contributed by atoms with E-state index in [9.17, 15) is 4.79 Å². The maximum Gasteiger partial charge on any atom is 0.323 e. The van der Waals surface area contributed by atoms with Gasteiger partial charge in [0, 0.05) is 23.5 Å². The Morgan fingerprint density at radius 3 is 2.45 bits per heavy atom. The molecule has 0 saturated heterocycles. The van der Waals surface area contributed by atoms with Crippen LogP contribution in [0.15, 0.2) is 48.5 Å². The molecule has 2 aromatic rings. The van der Waals surface area contributed by atoms with E-state index in [2.05, 4.69) is 10.6 Å². The highest BCUT2D eigenvalue weighted by molar-refractivity contribution is 6.30. The largest absolute Gasteiger partial charge is 0.491 e. The van der Waals surface area contributed by atoms with Crippen LogP contribution in [0.2, 0.25) is 5.02 Å². The van der Waals surface area contributed by atoms with E-state index in [-0.39, 0.29) is 6.03 Å². The topological polar surface area (TPSA) is 59.6 Å². The summed E-state index contributed by atoms with van der Waals surface area (Å²) in [5, 5.41) is 6.00. The van der Waals surface area contributed by atoms with E-state index < -0.39 is 0 Å². The molecule has 5 nitrogen and oxygen atoms in total. The monoisotopic (exact) mass is 320 g/mol. The second kappa shape index (κ2) is 8.26. The lowest BCUT2D eigenvalue weighted by molar-refractivity contribution is 0.146. The number of benzene rings is 2. The molecule has 0 aliphatic heterocycles. The Balaban J connectivity index is 1.86. The summed E-state index contributed by atoms with van der Waals surface area (Å²) in [5.74, 6) is 0.720. The number of nitrogens with one attached hydrogen (secondary N) is 2. The molecular formula is C16H17ClN2O3. The van der Waals surface area contributed by atoms with Crippen molar-refractivity contribution in [3.63, 3.8) is 0 Å². The predicted octanol–water partition coefficient (Wildman–Crippen LogP) is 4.01. The van der Waals surface area contributed by atoms with E-state index in [1.165, 1.54) is 0 Å². The number of carbonyl (C=O) groups is 1. The van der Waals surface area contributed by atoms with Crippen molar-refractivity contribution in [1.82, 2.24) is 0 Å². The van der Waals surface area contributed by atoms with Gasteiger partial charge in [-0.25, -0.2) is 4.79 Å². The summed E-state index contributed by atoms with van der Waals surface area (Å²) in [7, 11) is 1.62. The fraction of sp³-hybridized carbons (Fsp3) is 0.188. The van der Waals surface area contributed by atoms with Gasteiger partial charge in [0.25, 0.3) is 0 Å². The number of rotatable bonds is 6. The minimum absolute atomic E-state index is 0.338. The van der Waals surface area contributed by atoms with E-state index >= 15 is 0 Å². The fourth-order valence-electron chi connectivity index (χ4n) is 1.74. The predicted molar refractivity (Wildman–Crippen MR) is 87.9 cm³/mol. The van der Waals surface area contributed by atoms with Gasteiger partial charge in [0.2, 0.25) is 0 Å². The summed E-state index contributed by atoms with van der Waals surface area (Å²) in [6.07, 6.45) is 0. The van der Waals surface area contributed by atoms with Crippen molar-refractivity contribution < 1.29 is 14.3 Å². The molecular weight excluding hydrogens is 304 g/mol. The number of halogens is 1. The summed E-state index contributed by atoms with van der Waals surface area (Å²) in [5.41, 5.74) is 1.29. The van der Waals surface area contributed by atoms with Gasteiger partial charge in [-0.15, -0.1) is 0 Å². The third-order valence-electron chi connectivity index (χ3n) is 2.75. The maximum absolute atomic E-state index is 11.9. The molecule has 0 aromatic heterocycles. The van der Waals surface area contributed by atoms with Crippen LogP contribution < -0.4 is 15.4 Å². The van der Waals surface area contributed by atoms with Crippen LogP contribution in [0.4, 0.5) is 16.2 Å². The minimum atomic E-state index is -0.338. The lowest BCUT2D eigenvalue weighted by atomic mass is 10.3. The Kier molecular flexibility index (Phi) is 6.06. The molecule has 0 unspecified atom stereocenters. The number of anilines is 2. The number of methoxy groups -OCH3 is 1. The molecule has 6 heteroatoms. The summed E-state index contributed by atoms with van der Waals surface area (Å²) in [6, 6.07) is 13.7. The molecule has 0 atom stereocenters. The van der Waals surface area contributed by atoms with Crippen molar-refractivity contribution in [1.29, 1.82) is 0 Å². The van der Waals surface area contributed by atoms with Gasteiger partial charge in [-0.1, -0.05) is 17.7 Å². The Morgan fingerprint density at radius 2 is 1.77 bits per heavy atom. The van der Waals surface area contributed by atoms with Crippen LogP contribution in [0.5, 0.6) is 5.75 Å². The van der Waals surface area contributed by atoms with E-state index in [0.717, 1.165) is 5.75 Å². The van der Waals surface area contributed by atoms with Gasteiger partial charge in [0.05, 0.1) is 6.61 Å². The number of hydrogen-bond donors (Lipinski definition) is 2. The molecule has 0 aliphatic rings. The average molecular weight is 321 g/mol. The molecule has 0 radical (unpaired) electrons. The molecule has 0 bridgehead atoms. The lowest BCUT2D eigenvalue weighted by Crippen LogP contribution is -2.19. The number of ether oxygens (including phenoxy) is 2. The molecule has 2 amide bonds. The molecule has 2 rings (SSSR count). The third kappa shape index (κ3) is 5.27. The Morgan fingerprint density at radius 1 is 1.05 bits per heavy atom. The van der Waals surface area contributed by atoms with Crippen molar-refractivity contribution in [2.24, 2.45) is 0 Å². The number of amides is 2. The van der Waals surface area contributed by atoms with Gasteiger partial charge < -0.3 is 20.1 Å². The first-order valence-electron chi connectivity index (χ1n) is 6.73. The highest BCUT2D eigenvalue weighted by Gasteiger charge is 2.03. The van der Waals surface area contributed by atoms with Crippen LogP contribution >= 0.6 is 11.6 Å². The minimum Gasteiger partial charge on any atom is -0.491 e. The molecule has 0 aliphatic carbocycles. The molecule has 0 saturated carbocycles. The summed E-state index contributed by atoms with van der Waals surface area (Å²) in [6.45, 7) is 1.01. The van der Waals surface area contributed by atoms with E-state index in [1.54, 1.807) is 55.6 Å². The first-order valence-corrected chi connectivity index (χ1v) is 7.10. The SMILES string of the molecule is COCCOc1ccc(NC(=O)Nc2cccc(Cl)c2)cc1. The van der Waals surface area contributed by atoms with Gasteiger partial charge in [0.1, 0.15) is 12.4 Å². The quantitative estimate of drug-likeness (QED) is 0.791.